The van der Waals surface area contributed by atoms with Crippen molar-refractivity contribution in [2.24, 2.45) is 0 Å². The van der Waals surface area contributed by atoms with E-state index in [1.54, 1.807) is 0 Å². The normalized spacial score (nSPS) is 51.7. The van der Waals surface area contributed by atoms with Gasteiger partial charge < -0.3 is 55.1 Å². The second-order valence-corrected chi connectivity index (χ2v) is 5.53. The molecule has 11 nitrogen and oxygen atoms in total. The third-order valence-electron chi connectivity index (χ3n) is 3.97. The van der Waals surface area contributed by atoms with Crippen LogP contribution in [-0.4, -0.2) is 115 Å². The molecule has 0 aromatic rings. The maximum Gasteiger partial charge on any atom is 0.189 e. The molecule has 2 aliphatic rings. The topological polar surface area (TPSA) is 190 Å². The molecule has 8 N–H and O–H groups in total. The van der Waals surface area contributed by atoms with Gasteiger partial charge in [0.15, 0.2) is 12.6 Å². The molecule has 10 atom stereocenters. The smallest absolute Gasteiger partial charge is 0.189 e. The summed E-state index contributed by atoms with van der Waals surface area (Å²) in [5.41, 5.74) is 0. The van der Waals surface area contributed by atoms with Gasteiger partial charge in [-0.25, -0.2) is 0 Å². The van der Waals surface area contributed by atoms with E-state index in [0.717, 1.165) is 0 Å². The van der Waals surface area contributed by atoms with Gasteiger partial charge in [-0.05, 0) is 0 Å². The zero-order valence-corrected chi connectivity index (χ0v) is 12.0. The minimum atomic E-state index is -1.72. The van der Waals surface area contributed by atoms with Crippen molar-refractivity contribution in [1.82, 2.24) is 0 Å². The highest BCUT2D eigenvalue weighted by molar-refractivity contribution is 4.92. The molecule has 136 valence electrons. The third kappa shape index (κ3) is 3.65. The van der Waals surface area contributed by atoms with Crippen LogP contribution in [0, 0.1) is 0 Å². The number of hydrogen-bond donors (Lipinski definition) is 8. The Labute approximate surface area is 130 Å². The minimum Gasteiger partial charge on any atom is -0.394 e. The van der Waals surface area contributed by atoms with Crippen molar-refractivity contribution in [2.75, 3.05) is 13.2 Å². The van der Waals surface area contributed by atoms with Crippen LogP contribution in [-0.2, 0) is 14.2 Å². The molecule has 2 heterocycles. The summed E-state index contributed by atoms with van der Waals surface area (Å²) in [5.74, 6) is 0. The van der Waals surface area contributed by atoms with Gasteiger partial charge in [0, 0.05) is 0 Å². The van der Waals surface area contributed by atoms with Crippen LogP contribution < -0.4 is 0 Å². The molecule has 2 aliphatic heterocycles. The van der Waals surface area contributed by atoms with E-state index in [4.69, 9.17) is 24.4 Å². The van der Waals surface area contributed by atoms with E-state index in [9.17, 15) is 30.6 Å². The van der Waals surface area contributed by atoms with Crippen molar-refractivity contribution in [1.29, 1.82) is 0 Å². The van der Waals surface area contributed by atoms with Crippen LogP contribution in [0.25, 0.3) is 0 Å². The van der Waals surface area contributed by atoms with Gasteiger partial charge in [-0.15, -0.1) is 0 Å². The van der Waals surface area contributed by atoms with Gasteiger partial charge in [-0.2, -0.15) is 0 Å². The second-order valence-electron chi connectivity index (χ2n) is 5.53. The molecule has 0 saturated carbocycles. The average molecular weight is 342 g/mol. The lowest BCUT2D eigenvalue weighted by atomic mass is 9.98. The first kappa shape index (κ1) is 18.9. The maximum absolute atomic E-state index is 9.84. The predicted molar refractivity (Wildman–Crippen MR) is 68.6 cm³/mol. The van der Waals surface area contributed by atoms with E-state index >= 15 is 0 Å². The van der Waals surface area contributed by atoms with E-state index in [-0.39, 0.29) is 0 Å². The zero-order valence-electron chi connectivity index (χ0n) is 12.0. The van der Waals surface area contributed by atoms with Crippen LogP contribution in [0.5, 0.6) is 0 Å². The van der Waals surface area contributed by atoms with Crippen LogP contribution in [0.15, 0.2) is 0 Å². The molecule has 0 bridgehead atoms. The van der Waals surface area contributed by atoms with Crippen molar-refractivity contribution in [3.63, 3.8) is 0 Å². The van der Waals surface area contributed by atoms with E-state index in [1.807, 2.05) is 0 Å². The summed E-state index contributed by atoms with van der Waals surface area (Å²) >= 11 is 0. The quantitative estimate of drug-likeness (QED) is 0.243. The lowest BCUT2D eigenvalue weighted by Crippen LogP contribution is -2.63. The molecule has 0 aromatic heterocycles. The van der Waals surface area contributed by atoms with E-state index in [1.165, 1.54) is 0 Å². The SMILES string of the molecule is OC[C@H]1O[C@H](O[C@@H]2O[C@H](CO)[C@@H](O)[C@H](O)[C@H]2O)[C@H](O)[C@@H](O)[C@H]1O. The lowest BCUT2D eigenvalue weighted by molar-refractivity contribution is -0.376. The fourth-order valence-corrected chi connectivity index (χ4v) is 2.49. The Morgan fingerprint density at radius 1 is 0.565 bits per heavy atom. The van der Waals surface area contributed by atoms with Crippen molar-refractivity contribution >= 4 is 0 Å². The number of ether oxygens (including phenoxy) is 3. The van der Waals surface area contributed by atoms with Gasteiger partial charge in [0.25, 0.3) is 0 Å². The third-order valence-corrected chi connectivity index (χ3v) is 3.97. The van der Waals surface area contributed by atoms with Crippen LogP contribution in [0.1, 0.15) is 0 Å². The summed E-state index contributed by atoms with van der Waals surface area (Å²) in [7, 11) is 0. The van der Waals surface area contributed by atoms with Gasteiger partial charge in [-0.1, -0.05) is 0 Å². The van der Waals surface area contributed by atoms with Crippen molar-refractivity contribution in [3.8, 4) is 0 Å². The second kappa shape index (κ2) is 7.63. The molecule has 2 saturated heterocycles. The molecular formula is C12H22O11. The zero-order chi connectivity index (χ0) is 17.3. The van der Waals surface area contributed by atoms with E-state index in [0.29, 0.717) is 0 Å². The van der Waals surface area contributed by atoms with Gasteiger partial charge in [0.1, 0.15) is 48.8 Å². The number of hydrogen-bond acceptors (Lipinski definition) is 11. The standard InChI is InChI=1S/C12H22O11/c13-1-3-5(15)7(17)9(19)11(21-3)23-12-10(20)8(18)6(16)4(2-14)22-12/h3-20H,1-2H2/t3-,4-,5-,6+,7+,8+,9-,10-,11+,12-/m1/s1. The van der Waals surface area contributed by atoms with Gasteiger partial charge in [0.2, 0.25) is 0 Å². The van der Waals surface area contributed by atoms with Crippen LogP contribution in [0.4, 0.5) is 0 Å². The summed E-state index contributed by atoms with van der Waals surface area (Å²) in [6.45, 7) is -1.33. The molecular weight excluding hydrogens is 320 g/mol. The van der Waals surface area contributed by atoms with E-state index in [2.05, 4.69) is 0 Å². The highest BCUT2D eigenvalue weighted by Gasteiger charge is 2.49. The van der Waals surface area contributed by atoms with Gasteiger partial charge in [-0.3, -0.25) is 0 Å². The summed E-state index contributed by atoms with van der Waals surface area (Å²) in [5, 5.41) is 76.4. The predicted octanol–water partition coefficient (Wildman–Crippen LogP) is -5.40. The first-order chi connectivity index (χ1) is 10.8. The monoisotopic (exact) mass is 342 g/mol. The molecule has 0 spiro atoms. The summed E-state index contributed by atoms with van der Waals surface area (Å²) in [6.07, 6.45) is -15.6. The highest BCUT2D eigenvalue weighted by atomic mass is 16.8. The largest absolute Gasteiger partial charge is 0.394 e. The first-order valence-electron chi connectivity index (χ1n) is 7.08. The maximum atomic E-state index is 9.84. The number of rotatable bonds is 4. The number of aliphatic hydroxyl groups is 8. The Balaban J connectivity index is 2.07. The van der Waals surface area contributed by atoms with Gasteiger partial charge >= 0.3 is 0 Å². The van der Waals surface area contributed by atoms with Crippen LogP contribution in [0.3, 0.4) is 0 Å². The molecule has 0 radical (unpaired) electrons. The minimum absolute atomic E-state index is 0.667. The van der Waals surface area contributed by atoms with Crippen molar-refractivity contribution in [3.05, 3.63) is 0 Å². The Morgan fingerprint density at radius 3 is 1.22 bits per heavy atom. The average Bonchev–Trinajstić information content (AvgIpc) is 2.55. The van der Waals surface area contributed by atoms with Crippen LogP contribution >= 0.6 is 0 Å². The Kier molecular flexibility index (Phi) is 6.27. The van der Waals surface area contributed by atoms with Crippen molar-refractivity contribution < 1.29 is 55.1 Å². The summed E-state index contributed by atoms with van der Waals surface area (Å²) < 4.78 is 15.3. The Bertz CT molecular complexity index is 344. The molecule has 0 amide bonds. The first-order valence-corrected chi connectivity index (χ1v) is 7.08. The Morgan fingerprint density at radius 2 is 0.913 bits per heavy atom. The Hall–Kier alpha value is -0.440. The van der Waals surface area contributed by atoms with Crippen molar-refractivity contribution in [2.45, 2.75) is 61.4 Å². The van der Waals surface area contributed by atoms with Crippen LogP contribution in [0.2, 0.25) is 0 Å². The fourth-order valence-electron chi connectivity index (χ4n) is 2.49. The summed E-state index contributed by atoms with van der Waals surface area (Å²) in [4.78, 5) is 0. The highest BCUT2D eigenvalue weighted by Crippen LogP contribution is 2.27. The molecule has 0 aliphatic carbocycles. The summed E-state index contributed by atoms with van der Waals surface area (Å²) in [6, 6.07) is 0. The fraction of sp³-hybridized carbons (Fsp3) is 1.00. The molecule has 0 aromatic carbocycles. The number of aliphatic hydroxyl groups excluding tert-OH is 8. The van der Waals surface area contributed by atoms with Gasteiger partial charge in [0.05, 0.1) is 13.2 Å². The van der Waals surface area contributed by atoms with E-state index < -0.39 is 74.6 Å². The molecule has 2 fully saturated rings. The molecule has 0 unspecified atom stereocenters. The lowest BCUT2D eigenvalue weighted by Gasteiger charge is -2.44. The molecule has 11 heteroatoms. The molecule has 2 rings (SSSR count). The molecule has 23 heavy (non-hydrogen) atoms.